The summed E-state index contributed by atoms with van der Waals surface area (Å²) in [6.45, 7) is 2.43. The third-order valence-electron chi connectivity index (χ3n) is 2.65. The molecule has 0 radical (unpaired) electrons. The lowest BCUT2D eigenvalue weighted by molar-refractivity contribution is -0.123. The summed E-state index contributed by atoms with van der Waals surface area (Å²) >= 11 is 0. The molecule has 0 heterocycles. The minimum Gasteiger partial charge on any atom is -0.396 e. The molecule has 1 fully saturated rings. The van der Waals surface area contributed by atoms with Gasteiger partial charge in [-0.3, -0.25) is 4.79 Å². The molecule has 3 N–H and O–H groups in total. The van der Waals surface area contributed by atoms with Crippen LogP contribution >= 0.6 is 0 Å². The highest BCUT2D eigenvalue weighted by Gasteiger charge is 2.26. The maximum absolute atomic E-state index is 11.7. The summed E-state index contributed by atoms with van der Waals surface area (Å²) in [7, 11) is 1.61. The Morgan fingerprint density at radius 2 is 2.25 bits per heavy atom. The minimum atomic E-state index is -0.243. The summed E-state index contributed by atoms with van der Waals surface area (Å²) in [4.78, 5) is 11.7. The fraction of sp³-hybridized carbons (Fsp3) is 0.909. The van der Waals surface area contributed by atoms with Crippen LogP contribution in [0.2, 0.25) is 0 Å². The van der Waals surface area contributed by atoms with E-state index in [9.17, 15) is 4.79 Å². The molecule has 1 rings (SSSR count). The Labute approximate surface area is 96.6 Å². The van der Waals surface area contributed by atoms with Crippen molar-refractivity contribution in [1.29, 1.82) is 0 Å². The van der Waals surface area contributed by atoms with E-state index in [2.05, 4.69) is 10.6 Å². The first-order valence-corrected chi connectivity index (χ1v) is 5.83. The summed E-state index contributed by atoms with van der Waals surface area (Å²) in [5.41, 5.74) is 0. The van der Waals surface area contributed by atoms with Gasteiger partial charge in [0, 0.05) is 25.8 Å². The molecule has 1 aliphatic rings. The van der Waals surface area contributed by atoms with Gasteiger partial charge in [-0.15, -0.1) is 0 Å². The summed E-state index contributed by atoms with van der Waals surface area (Å²) in [6, 6.07) is 0.165. The van der Waals surface area contributed by atoms with Crippen molar-refractivity contribution >= 4 is 5.91 Å². The molecule has 0 aliphatic heterocycles. The molecule has 0 aromatic heterocycles. The van der Waals surface area contributed by atoms with Gasteiger partial charge in [0.15, 0.2) is 0 Å². The van der Waals surface area contributed by atoms with E-state index in [1.54, 1.807) is 7.11 Å². The predicted molar refractivity (Wildman–Crippen MR) is 61.1 cm³/mol. The van der Waals surface area contributed by atoms with Crippen molar-refractivity contribution in [2.24, 2.45) is 0 Å². The Bertz CT molecular complexity index is 213. The Kier molecular flexibility index (Phi) is 5.73. The molecular weight excluding hydrogens is 208 g/mol. The first-order chi connectivity index (χ1) is 7.67. The van der Waals surface area contributed by atoms with Gasteiger partial charge in [-0.25, -0.2) is 0 Å². The van der Waals surface area contributed by atoms with E-state index in [4.69, 9.17) is 9.84 Å². The first kappa shape index (κ1) is 13.4. The van der Waals surface area contributed by atoms with E-state index < -0.39 is 0 Å². The second-order valence-corrected chi connectivity index (χ2v) is 4.34. The summed E-state index contributed by atoms with van der Waals surface area (Å²) in [5, 5.41) is 15.0. The van der Waals surface area contributed by atoms with Gasteiger partial charge in [-0.1, -0.05) is 0 Å². The maximum Gasteiger partial charge on any atom is 0.237 e. The number of methoxy groups -OCH3 is 1. The highest BCUT2D eigenvalue weighted by molar-refractivity contribution is 5.81. The summed E-state index contributed by atoms with van der Waals surface area (Å²) < 4.78 is 5.03. The number of hydrogen-bond acceptors (Lipinski definition) is 4. The van der Waals surface area contributed by atoms with Crippen LogP contribution in [0.15, 0.2) is 0 Å². The molecular formula is C11H22N2O3. The average Bonchev–Trinajstić information content (AvgIpc) is 3.02. The number of nitrogens with one attached hydrogen (secondary N) is 2. The van der Waals surface area contributed by atoms with Crippen molar-refractivity contribution in [2.75, 3.05) is 20.3 Å². The molecule has 1 aliphatic carbocycles. The minimum absolute atomic E-state index is 0.0231. The summed E-state index contributed by atoms with van der Waals surface area (Å²) in [5.74, 6) is 0.0292. The number of ether oxygens (including phenoxy) is 1. The number of amides is 1. The van der Waals surface area contributed by atoms with Crippen LogP contribution in [-0.2, 0) is 9.53 Å². The molecule has 0 bridgehead atoms. The number of aliphatic hydroxyl groups excluding tert-OH is 1. The van der Waals surface area contributed by atoms with Gasteiger partial charge in [-0.2, -0.15) is 0 Å². The second-order valence-electron chi connectivity index (χ2n) is 4.34. The van der Waals surface area contributed by atoms with Gasteiger partial charge in [0.25, 0.3) is 0 Å². The predicted octanol–water partition coefficient (Wildman–Crippen LogP) is -0.359. The standard InChI is InChI=1S/C11H22N2O3/c1-8(11(15)13-9-3-4-9)12-10(5-6-14)7-16-2/h8-10,12,14H,3-7H2,1-2H3,(H,13,15). The number of carbonyl (C=O) groups is 1. The normalized spacial score (nSPS) is 19.2. The van der Waals surface area contributed by atoms with E-state index in [1.807, 2.05) is 6.92 Å². The smallest absolute Gasteiger partial charge is 0.237 e. The molecule has 0 aromatic carbocycles. The van der Waals surface area contributed by atoms with Gasteiger partial charge in [0.1, 0.15) is 0 Å². The van der Waals surface area contributed by atoms with Gasteiger partial charge in [-0.05, 0) is 26.2 Å². The van der Waals surface area contributed by atoms with E-state index in [0.717, 1.165) is 12.8 Å². The third-order valence-corrected chi connectivity index (χ3v) is 2.65. The number of rotatable bonds is 8. The van der Waals surface area contributed by atoms with Crippen LogP contribution in [0.1, 0.15) is 26.2 Å². The molecule has 16 heavy (non-hydrogen) atoms. The molecule has 5 nitrogen and oxygen atoms in total. The molecule has 1 amide bonds. The number of hydrogen-bond donors (Lipinski definition) is 3. The Morgan fingerprint density at radius 3 is 2.75 bits per heavy atom. The second kappa shape index (κ2) is 6.83. The van der Waals surface area contributed by atoms with Gasteiger partial charge >= 0.3 is 0 Å². The average molecular weight is 230 g/mol. The molecule has 5 heteroatoms. The van der Waals surface area contributed by atoms with Crippen LogP contribution in [-0.4, -0.2) is 49.5 Å². The molecule has 1 saturated carbocycles. The topological polar surface area (TPSA) is 70.6 Å². The van der Waals surface area contributed by atoms with Crippen molar-refractivity contribution in [3.8, 4) is 0 Å². The molecule has 0 aromatic rings. The lowest BCUT2D eigenvalue weighted by Gasteiger charge is -2.21. The van der Waals surface area contributed by atoms with Crippen LogP contribution in [0.25, 0.3) is 0 Å². The van der Waals surface area contributed by atoms with Crippen LogP contribution in [0, 0.1) is 0 Å². The SMILES string of the molecule is COCC(CCO)NC(C)C(=O)NC1CC1. The van der Waals surface area contributed by atoms with Gasteiger partial charge < -0.3 is 20.5 Å². The Balaban J connectivity index is 2.27. The van der Waals surface area contributed by atoms with E-state index in [1.165, 1.54) is 0 Å². The molecule has 0 spiro atoms. The maximum atomic E-state index is 11.7. The van der Waals surface area contributed by atoms with E-state index in [-0.39, 0.29) is 24.6 Å². The molecule has 0 saturated heterocycles. The third kappa shape index (κ3) is 4.92. The highest BCUT2D eigenvalue weighted by Crippen LogP contribution is 2.18. The Morgan fingerprint density at radius 1 is 1.56 bits per heavy atom. The van der Waals surface area contributed by atoms with Crippen molar-refractivity contribution < 1.29 is 14.6 Å². The monoisotopic (exact) mass is 230 g/mol. The van der Waals surface area contributed by atoms with Crippen molar-refractivity contribution in [2.45, 2.75) is 44.3 Å². The zero-order valence-electron chi connectivity index (χ0n) is 10.0. The Hall–Kier alpha value is -0.650. The first-order valence-electron chi connectivity index (χ1n) is 5.83. The quantitative estimate of drug-likeness (QED) is 0.532. The highest BCUT2D eigenvalue weighted by atomic mass is 16.5. The zero-order chi connectivity index (χ0) is 12.0. The lowest BCUT2D eigenvalue weighted by Crippen LogP contribution is -2.48. The van der Waals surface area contributed by atoms with Crippen LogP contribution in [0.3, 0.4) is 0 Å². The van der Waals surface area contributed by atoms with Crippen LogP contribution in [0.4, 0.5) is 0 Å². The largest absolute Gasteiger partial charge is 0.396 e. The van der Waals surface area contributed by atoms with Gasteiger partial charge in [0.05, 0.1) is 12.6 Å². The fourth-order valence-electron chi connectivity index (χ4n) is 1.55. The van der Waals surface area contributed by atoms with Gasteiger partial charge in [0.2, 0.25) is 5.91 Å². The van der Waals surface area contributed by atoms with Crippen LogP contribution < -0.4 is 10.6 Å². The molecule has 2 unspecified atom stereocenters. The van der Waals surface area contributed by atoms with Crippen molar-refractivity contribution in [3.63, 3.8) is 0 Å². The molecule has 94 valence electrons. The van der Waals surface area contributed by atoms with E-state index >= 15 is 0 Å². The number of aliphatic hydroxyl groups is 1. The summed E-state index contributed by atoms with van der Waals surface area (Å²) in [6.07, 6.45) is 2.78. The number of carbonyl (C=O) groups excluding carboxylic acids is 1. The zero-order valence-corrected chi connectivity index (χ0v) is 10.0. The van der Waals surface area contributed by atoms with Crippen molar-refractivity contribution in [3.05, 3.63) is 0 Å². The van der Waals surface area contributed by atoms with Crippen LogP contribution in [0.5, 0.6) is 0 Å². The van der Waals surface area contributed by atoms with Crippen molar-refractivity contribution in [1.82, 2.24) is 10.6 Å². The fourth-order valence-corrected chi connectivity index (χ4v) is 1.55. The lowest BCUT2D eigenvalue weighted by atomic mass is 10.2. The molecule has 2 atom stereocenters. The van der Waals surface area contributed by atoms with E-state index in [0.29, 0.717) is 19.1 Å².